The first-order valence-electron chi connectivity index (χ1n) is 30.2. The summed E-state index contributed by atoms with van der Waals surface area (Å²) in [6.45, 7) is 9.58. The summed E-state index contributed by atoms with van der Waals surface area (Å²) >= 11 is 0. The fraction of sp³-hybridized carbons (Fsp3) is 0.873. The number of hydrogen-bond donors (Lipinski definition) is 0. The second-order valence-electron chi connectivity index (χ2n) is 23.2. The zero-order valence-corrected chi connectivity index (χ0v) is 45.0. The van der Waals surface area contributed by atoms with Crippen molar-refractivity contribution in [3.8, 4) is 0 Å². The number of rotatable bonds is 40. The number of carbonyl (C=O) groups is 2. The van der Waals surface area contributed by atoms with Gasteiger partial charge in [0.1, 0.15) is 12.2 Å². The summed E-state index contributed by atoms with van der Waals surface area (Å²) in [5.41, 5.74) is 1.90. The van der Waals surface area contributed by atoms with Crippen LogP contribution in [0.25, 0.3) is 0 Å². The summed E-state index contributed by atoms with van der Waals surface area (Å²) in [6, 6.07) is 0. The quantitative estimate of drug-likeness (QED) is 0.0349. The molecule has 67 heavy (non-hydrogen) atoms. The molecule has 386 valence electrons. The Morgan fingerprint density at radius 3 is 1.37 bits per heavy atom. The number of hydrogen-bond acceptors (Lipinski definition) is 4. The smallest absolute Gasteiger partial charge is 0.306 e. The van der Waals surface area contributed by atoms with Gasteiger partial charge in [0.25, 0.3) is 0 Å². The molecule has 0 aromatic rings. The lowest BCUT2D eigenvalue weighted by molar-refractivity contribution is -0.159. The van der Waals surface area contributed by atoms with Crippen LogP contribution in [0.2, 0.25) is 0 Å². The van der Waals surface area contributed by atoms with Crippen LogP contribution in [0.3, 0.4) is 0 Å². The van der Waals surface area contributed by atoms with Gasteiger partial charge in [0.2, 0.25) is 0 Å². The van der Waals surface area contributed by atoms with E-state index in [1.165, 1.54) is 212 Å². The number of unbranched alkanes of at least 4 members (excludes halogenated alkanes) is 30. The Kier molecular flexibility index (Phi) is 30.4. The van der Waals surface area contributed by atoms with Crippen LogP contribution in [-0.4, -0.2) is 24.1 Å². The molecule has 0 bridgehead atoms. The lowest BCUT2D eigenvalue weighted by Gasteiger charge is -2.57. The molecule has 4 aliphatic rings. The van der Waals surface area contributed by atoms with E-state index in [1.54, 1.807) is 5.57 Å². The molecule has 0 saturated heterocycles. The van der Waals surface area contributed by atoms with E-state index in [0.717, 1.165) is 57.8 Å². The first-order valence-corrected chi connectivity index (χ1v) is 30.2. The molecule has 0 amide bonds. The maximum absolute atomic E-state index is 13.2. The molecular formula is C63H110O4. The maximum Gasteiger partial charge on any atom is 0.306 e. The van der Waals surface area contributed by atoms with Crippen LogP contribution in [0, 0.1) is 28.6 Å². The molecule has 3 saturated carbocycles. The van der Waals surface area contributed by atoms with E-state index < -0.39 is 0 Å². The van der Waals surface area contributed by atoms with Gasteiger partial charge in [-0.15, -0.1) is 0 Å². The molecule has 4 heteroatoms. The number of allylic oxidation sites excluding steroid dienone is 5. The Balaban J connectivity index is 0.987. The van der Waals surface area contributed by atoms with Gasteiger partial charge in [-0.3, -0.25) is 9.59 Å². The normalized spacial score (nSPS) is 25.9. The third kappa shape index (κ3) is 22.0. The highest BCUT2D eigenvalue weighted by Crippen LogP contribution is 2.65. The molecule has 4 rings (SSSR count). The Hall–Kier alpha value is -1.84. The van der Waals surface area contributed by atoms with E-state index in [9.17, 15) is 9.59 Å². The summed E-state index contributed by atoms with van der Waals surface area (Å²) in [5.74, 6) is 2.09. The lowest BCUT2D eigenvalue weighted by atomic mass is 9.48. The molecule has 4 aliphatic carbocycles. The van der Waals surface area contributed by atoms with Gasteiger partial charge in [-0.25, -0.2) is 0 Å². The number of esters is 2. The molecule has 3 unspecified atom stereocenters. The first-order chi connectivity index (χ1) is 32.8. The van der Waals surface area contributed by atoms with Crippen molar-refractivity contribution in [1.82, 2.24) is 0 Å². The van der Waals surface area contributed by atoms with Gasteiger partial charge >= 0.3 is 11.9 Å². The molecule has 0 aliphatic heterocycles. The Morgan fingerprint density at radius 2 is 0.910 bits per heavy atom. The molecule has 4 nitrogen and oxygen atoms in total. The van der Waals surface area contributed by atoms with Crippen molar-refractivity contribution < 1.29 is 19.1 Å². The van der Waals surface area contributed by atoms with Gasteiger partial charge in [-0.1, -0.05) is 218 Å². The van der Waals surface area contributed by atoms with Crippen LogP contribution in [0.15, 0.2) is 36.0 Å². The minimum absolute atomic E-state index is 0.0256. The van der Waals surface area contributed by atoms with Crippen LogP contribution in [0.4, 0.5) is 0 Å². The van der Waals surface area contributed by atoms with Crippen molar-refractivity contribution in [1.29, 1.82) is 0 Å². The molecule has 0 spiro atoms. The van der Waals surface area contributed by atoms with Crippen molar-refractivity contribution in [2.45, 2.75) is 322 Å². The molecule has 0 aromatic carbocycles. The molecule has 0 radical (unpaired) electrons. The average Bonchev–Trinajstić information content (AvgIpc) is 3.65. The molecule has 0 aromatic heterocycles. The summed E-state index contributed by atoms with van der Waals surface area (Å²) in [7, 11) is 0. The van der Waals surface area contributed by atoms with E-state index in [1.807, 2.05) is 0 Å². The van der Waals surface area contributed by atoms with E-state index in [2.05, 4.69) is 58.1 Å². The van der Waals surface area contributed by atoms with Gasteiger partial charge in [-0.05, 0) is 132 Å². The highest BCUT2D eigenvalue weighted by atomic mass is 16.5. The second kappa shape index (κ2) is 35.3. The largest absolute Gasteiger partial charge is 0.462 e. The topological polar surface area (TPSA) is 52.6 Å². The fourth-order valence-electron chi connectivity index (χ4n) is 13.4. The van der Waals surface area contributed by atoms with Crippen molar-refractivity contribution in [3.05, 3.63) is 36.0 Å². The van der Waals surface area contributed by atoms with Crippen LogP contribution >= 0.6 is 0 Å². The SMILES string of the molecule is CCCCCCCC/C=C/CCCCCCCCCCCC(=O)O[C@H]1CC[C@@]2(C)C(=CCC3C2CC[C@@]2(C)C3CC[C@@H]2OC(=O)CCCCCCCCCCC/C=C/CCCCCCCC)C1. The molecule has 0 N–H and O–H groups in total. The van der Waals surface area contributed by atoms with Gasteiger partial charge < -0.3 is 9.47 Å². The Morgan fingerprint density at radius 1 is 0.493 bits per heavy atom. The lowest BCUT2D eigenvalue weighted by Crippen LogP contribution is -2.51. The summed E-state index contributed by atoms with van der Waals surface area (Å²) in [6.07, 6.45) is 67.0. The first kappa shape index (κ1) is 57.7. The number of carbonyl (C=O) groups excluding carboxylic acids is 2. The van der Waals surface area contributed by atoms with E-state index >= 15 is 0 Å². The second-order valence-corrected chi connectivity index (χ2v) is 23.2. The Labute approximate surface area is 416 Å². The van der Waals surface area contributed by atoms with Crippen LogP contribution in [0.1, 0.15) is 310 Å². The average molecular weight is 932 g/mol. The number of ether oxygens (including phenoxy) is 2. The van der Waals surface area contributed by atoms with E-state index in [4.69, 9.17) is 9.47 Å². The zero-order valence-electron chi connectivity index (χ0n) is 45.0. The maximum atomic E-state index is 13.2. The monoisotopic (exact) mass is 931 g/mol. The zero-order chi connectivity index (χ0) is 47.7. The van der Waals surface area contributed by atoms with Crippen LogP contribution < -0.4 is 0 Å². The van der Waals surface area contributed by atoms with E-state index in [-0.39, 0.29) is 35.0 Å². The predicted octanol–water partition coefficient (Wildman–Crippen LogP) is 20.0. The number of fused-ring (bicyclic) bond motifs is 5. The van der Waals surface area contributed by atoms with Gasteiger partial charge in [-0.2, -0.15) is 0 Å². The summed E-state index contributed by atoms with van der Waals surface area (Å²) in [5, 5.41) is 0. The summed E-state index contributed by atoms with van der Waals surface area (Å²) < 4.78 is 12.5. The predicted molar refractivity (Wildman–Crippen MR) is 287 cm³/mol. The van der Waals surface area contributed by atoms with Gasteiger partial charge in [0.05, 0.1) is 0 Å². The summed E-state index contributed by atoms with van der Waals surface area (Å²) in [4.78, 5) is 26.1. The molecule has 3 fully saturated rings. The van der Waals surface area contributed by atoms with E-state index in [0.29, 0.717) is 30.6 Å². The fourth-order valence-corrected chi connectivity index (χ4v) is 13.4. The highest BCUT2D eigenvalue weighted by Gasteiger charge is 2.59. The minimum atomic E-state index is 0.0256. The van der Waals surface area contributed by atoms with Crippen LogP contribution in [-0.2, 0) is 19.1 Å². The van der Waals surface area contributed by atoms with Crippen molar-refractivity contribution >= 4 is 11.9 Å². The molecular weight excluding hydrogens is 821 g/mol. The highest BCUT2D eigenvalue weighted by molar-refractivity contribution is 5.70. The third-order valence-electron chi connectivity index (χ3n) is 17.8. The van der Waals surface area contributed by atoms with Crippen molar-refractivity contribution in [2.24, 2.45) is 28.6 Å². The van der Waals surface area contributed by atoms with Gasteiger partial charge in [0.15, 0.2) is 0 Å². The van der Waals surface area contributed by atoms with Crippen molar-refractivity contribution in [3.63, 3.8) is 0 Å². The standard InChI is InChI=1S/C63H110O4/c1-5-7-9-11-13-15-17-19-21-23-25-27-29-31-33-35-37-39-41-43-60(64)66-55-49-51-62(3)54(53-55)45-46-56-57-47-48-59(63(57,4)52-50-58(56)62)67-61(65)44-42-40-38-36-34-32-30-28-26-24-22-20-18-16-14-12-10-8-6-2/h19-22,45,55-59H,5-18,23-44,46-53H2,1-4H3/b21-19+,22-20+/t55-,56?,57?,58?,59-,62-,63-/m0/s1. The van der Waals surface area contributed by atoms with Crippen molar-refractivity contribution in [2.75, 3.05) is 0 Å². The van der Waals surface area contributed by atoms with Crippen LogP contribution in [0.5, 0.6) is 0 Å². The molecule has 7 atom stereocenters. The van der Waals surface area contributed by atoms with Gasteiger partial charge in [0, 0.05) is 24.7 Å². The molecule has 0 heterocycles. The minimum Gasteiger partial charge on any atom is -0.462 e. The Bertz CT molecular complexity index is 1380. The third-order valence-corrected chi connectivity index (χ3v) is 17.8.